The smallest absolute Gasteiger partial charge is 0.240 e. The molecule has 26 heavy (non-hydrogen) atoms. The van der Waals surface area contributed by atoms with Crippen molar-refractivity contribution in [1.29, 1.82) is 5.26 Å². The van der Waals surface area contributed by atoms with Crippen LogP contribution in [0.25, 0.3) is 5.52 Å². The number of pyridine rings is 1. The first kappa shape index (κ1) is 18.1. The first-order valence-corrected chi connectivity index (χ1v) is 9.73. The van der Waals surface area contributed by atoms with Crippen molar-refractivity contribution in [2.75, 3.05) is 7.05 Å². The molecule has 132 valence electrons. The van der Waals surface area contributed by atoms with Gasteiger partial charge in [0, 0.05) is 23.3 Å². The van der Waals surface area contributed by atoms with Gasteiger partial charge in [0.1, 0.15) is 0 Å². The lowest BCUT2D eigenvalue weighted by atomic mass is 10.2. The second-order valence-corrected chi connectivity index (χ2v) is 8.38. The highest BCUT2D eigenvalue weighted by Gasteiger charge is 2.22. The van der Waals surface area contributed by atoms with E-state index >= 15 is 0 Å². The minimum atomic E-state index is -3.79. The van der Waals surface area contributed by atoms with E-state index in [1.54, 1.807) is 54.2 Å². The lowest BCUT2D eigenvalue weighted by Crippen LogP contribution is -2.22. The zero-order valence-electron chi connectivity index (χ0n) is 14.0. The van der Waals surface area contributed by atoms with Crippen LogP contribution in [-0.4, -0.2) is 35.7 Å². The van der Waals surface area contributed by atoms with Crippen LogP contribution in [0.3, 0.4) is 0 Å². The number of rotatable bonds is 4. The quantitative estimate of drug-likeness (QED) is 0.468. The first-order chi connectivity index (χ1) is 12.3. The van der Waals surface area contributed by atoms with E-state index < -0.39 is 10.0 Å². The predicted octanol–water partition coefficient (Wildman–Crippen LogP) is 2.93. The zero-order chi connectivity index (χ0) is 18.9. The van der Waals surface area contributed by atoms with Crippen molar-refractivity contribution in [3.8, 4) is 6.07 Å². The molecule has 0 unspecified atom stereocenters. The van der Waals surface area contributed by atoms with Crippen molar-refractivity contribution in [1.82, 2.24) is 14.0 Å². The maximum atomic E-state index is 12.8. The summed E-state index contributed by atoms with van der Waals surface area (Å²) in [6.07, 6.45) is 4.63. The van der Waals surface area contributed by atoms with Crippen molar-refractivity contribution >= 4 is 37.7 Å². The molecule has 0 N–H and O–H groups in total. The number of benzene rings is 1. The molecule has 0 aliphatic rings. The minimum absolute atomic E-state index is 0.179. The Labute approximate surface area is 159 Å². The van der Waals surface area contributed by atoms with E-state index in [0.29, 0.717) is 26.7 Å². The molecule has 0 aliphatic heterocycles. The van der Waals surface area contributed by atoms with Gasteiger partial charge in [-0.3, -0.25) is 0 Å². The van der Waals surface area contributed by atoms with Gasteiger partial charge >= 0.3 is 0 Å². The highest BCUT2D eigenvalue weighted by Crippen LogP contribution is 2.23. The van der Waals surface area contributed by atoms with Gasteiger partial charge in [0.05, 0.1) is 34.5 Å². The zero-order valence-corrected chi connectivity index (χ0v) is 16.4. The summed E-state index contributed by atoms with van der Waals surface area (Å²) < 4.78 is 28.7. The van der Waals surface area contributed by atoms with E-state index in [-0.39, 0.29) is 4.90 Å². The van der Waals surface area contributed by atoms with Crippen LogP contribution >= 0.6 is 15.9 Å². The molecule has 0 atom stereocenters. The summed E-state index contributed by atoms with van der Waals surface area (Å²) in [6, 6.07) is 10.4. The fraction of sp³-hybridized carbons (Fsp3) is 0.118. The monoisotopic (exact) mass is 431 g/mol. The van der Waals surface area contributed by atoms with E-state index in [1.165, 1.54) is 13.3 Å². The fourth-order valence-electron chi connectivity index (χ4n) is 2.37. The molecule has 0 radical (unpaired) electrons. The summed E-state index contributed by atoms with van der Waals surface area (Å²) in [7, 11) is -2.41. The number of halogens is 1. The first-order valence-electron chi connectivity index (χ1n) is 7.49. The van der Waals surface area contributed by atoms with Gasteiger partial charge < -0.3 is 0 Å². The largest absolute Gasteiger partial charge is 0.279 e. The number of nitrogens with zero attached hydrogens (tertiary/aromatic N) is 5. The Balaban J connectivity index is 1.96. The van der Waals surface area contributed by atoms with Crippen LogP contribution < -0.4 is 0 Å². The van der Waals surface area contributed by atoms with Gasteiger partial charge in [0.2, 0.25) is 0 Å². The van der Waals surface area contributed by atoms with E-state index in [2.05, 4.69) is 32.2 Å². The lowest BCUT2D eigenvalue weighted by molar-refractivity contribution is 0.490. The third-order valence-corrected chi connectivity index (χ3v) is 6.09. The van der Waals surface area contributed by atoms with Crippen LogP contribution in [-0.2, 0) is 10.0 Å². The van der Waals surface area contributed by atoms with Crippen molar-refractivity contribution < 1.29 is 8.42 Å². The second-order valence-electron chi connectivity index (χ2n) is 5.55. The number of fused-ring (bicyclic) bond motifs is 1. The number of hydrogen-bond acceptors (Lipinski definition) is 5. The number of sulfonamides is 1. The maximum absolute atomic E-state index is 12.8. The third kappa shape index (κ3) is 3.34. The number of nitriles is 1. The van der Waals surface area contributed by atoms with Gasteiger partial charge in [0.25, 0.3) is 10.0 Å². The van der Waals surface area contributed by atoms with Crippen LogP contribution in [0, 0.1) is 18.3 Å². The normalized spacial score (nSPS) is 11.8. The molecule has 3 aromatic rings. The Morgan fingerprint density at radius 2 is 2.12 bits per heavy atom. The van der Waals surface area contributed by atoms with E-state index in [9.17, 15) is 8.42 Å². The van der Waals surface area contributed by atoms with Gasteiger partial charge in [0.15, 0.2) is 0 Å². The average Bonchev–Trinajstić information content (AvgIpc) is 3.03. The summed E-state index contributed by atoms with van der Waals surface area (Å²) in [5, 5.41) is 17.2. The Kier molecular flexibility index (Phi) is 4.80. The standard InChI is InChI=1S/C17H14BrN5O2S/c1-12-3-4-15(18)8-17(12)26(24,25)22(2)20-10-14-11-21-23-6-5-13(9-19)7-16(14)23/h3-8,10-11H,1-2H3/b20-10+. The molecule has 2 aromatic heterocycles. The van der Waals surface area contributed by atoms with Gasteiger partial charge in [-0.1, -0.05) is 22.0 Å². The molecule has 0 saturated heterocycles. The van der Waals surface area contributed by atoms with Crippen LogP contribution in [0.1, 0.15) is 16.7 Å². The second kappa shape index (κ2) is 6.90. The van der Waals surface area contributed by atoms with Crippen molar-refractivity contribution in [2.24, 2.45) is 5.10 Å². The molecule has 2 heterocycles. The number of hydrazone groups is 1. The molecule has 0 saturated carbocycles. The predicted molar refractivity (Wildman–Crippen MR) is 101 cm³/mol. The van der Waals surface area contributed by atoms with Crippen LogP contribution in [0.15, 0.2) is 57.2 Å². The van der Waals surface area contributed by atoms with Gasteiger partial charge in [-0.25, -0.2) is 4.52 Å². The maximum Gasteiger partial charge on any atom is 0.279 e. The molecule has 0 amide bonds. The molecule has 3 rings (SSSR count). The molecule has 0 fully saturated rings. The van der Waals surface area contributed by atoms with E-state index in [1.807, 2.05) is 0 Å². The Bertz CT molecular complexity index is 1160. The summed E-state index contributed by atoms with van der Waals surface area (Å²) >= 11 is 3.29. The van der Waals surface area contributed by atoms with Gasteiger partial charge in [-0.2, -0.15) is 28.3 Å². The van der Waals surface area contributed by atoms with Crippen molar-refractivity contribution in [2.45, 2.75) is 11.8 Å². The van der Waals surface area contributed by atoms with Crippen molar-refractivity contribution in [3.05, 3.63) is 63.9 Å². The average molecular weight is 432 g/mol. The van der Waals surface area contributed by atoms with Crippen LogP contribution in [0.5, 0.6) is 0 Å². The Hall–Kier alpha value is -2.70. The molecule has 0 spiro atoms. The summed E-state index contributed by atoms with van der Waals surface area (Å²) in [5.41, 5.74) is 2.38. The molecule has 9 heteroatoms. The summed E-state index contributed by atoms with van der Waals surface area (Å²) in [5.74, 6) is 0. The highest BCUT2D eigenvalue weighted by atomic mass is 79.9. The molecule has 1 aromatic carbocycles. The fourth-order valence-corrected chi connectivity index (χ4v) is 4.09. The summed E-state index contributed by atoms with van der Waals surface area (Å²) in [4.78, 5) is 0.179. The molecular formula is C17H14BrN5O2S. The Morgan fingerprint density at radius 3 is 2.85 bits per heavy atom. The van der Waals surface area contributed by atoms with Gasteiger partial charge in [-0.15, -0.1) is 0 Å². The highest BCUT2D eigenvalue weighted by molar-refractivity contribution is 9.10. The lowest BCUT2D eigenvalue weighted by Gasteiger charge is -2.15. The molecule has 7 nitrogen and oxygen atoms in total. The number of aromatic nitrogens is 2. The topological polar surface area (TPSA) is 90.8 Å². The SMILES string of the molecule is Cc1ccc(Br)cc1S(=O)(=O)N(C)/N=C/c1cnn2ccc(C#N)cc12. The molecule has 0 aliphatic carbocycles. The van der Waals surface area contributed by atoms with Crippen LogP contribution in [0.2, 0.25) is 0 Å². The molecule has 0 bridgehead atoms. The van der Waals surface area contributed by atoms with E-state index in [4.69, 9.17) is 5.26 Å². The Morgan fingerprint density at radius 1 is 1.35 bits per heavy atom. The molecular weight excluding hydrogens is 418 g/mol. The van der Waals surface area contributed by atoms with E-state index in [0.717, 1.165) is 4.41 Å². The third-order valence-electron chi connectivity index (χ3n) is 3.82. The van der Waals surface area contributed by atoms with Crippen molar-refractivity contribution in [3.63, 3.8) is 0 Å². The van der Waals surface area contributed by atoms with Crippen LogP contribution in [0.4, 0.5) is 0 Å². The number of aryl methyl sites for hydroxylation is 1. The van der Waals surface area contributed by atoms with Gasteiger partial charge in [-0.05, 0) is 36.8 Å². The minimum Gasteiger partial charge on any atom is -0.240 e. The number of hydrogen-bond donors (Lipinski definition) is 0. The summed E-state index contributed by atoms with van der Waals surface area (Å²) in [6.45, 7) is 1.73.